The number of allylic oxidation sites excluding steroid dienone is 2. The van der Waals surface area contributed by atoms with Crippen LogP contribution < -0.4 is 26.3 Å². The zero-order valence-electron chi connectivity index (χ0n) is 36.9. The van der Waals surface area contributed by atoms with Crippen LogP contribution in [0.25, 0.3) is 11.3 Å². The maximum atomic E-state index is 14.3. The first kappa shape index (κ1) is 45.8. The number of hydrogen-bond acceptors (Lipinski definition) is 7. The van der Waals surface area contributed by atoms with Crippen molar-refractivity contribution in [3.8, 4) is 11.3 Å². The molecule has 6 rings (SSSR count). The van der Waals surface area contributed by atoms with E-state index in [-0.39, 0.29) is 42.4 Å². The Morgan fingerprint density at radius 3 is 2.11 bits per heavy atom. The fourth-order valence-electron chi connectivity index (χ4n) is 8.57. The summed E-state index contributed by atoms with van der Waals surface area (Å²) in [5, 5.41) is 10.7. The Morgan fingerprint density at radius 1 is 0.871 bits per heavy atom. The third-order valence-corrected chi connectivity index (χ3v) is 17.5. The third-order valence-electron chi connectivity index (χ3n) is 12.4. The van der Waals surface area contributed by atoms with Gasteiger partial charge in [-0.25, -0.2) is 0 Å². The maximum Gasteiger partial charge on any atom is 0.262 e. The van der Waals surface area contributed by atoms with Crippen LogP contribution in [0.5, 0.6) is 0 Å². The van der Waals surface area contributed by atoms with Crippen LogP contribution in [0.3, 0.4) is 0 Å². The summed E-state index contributed by atoms with van der Waals surface area (Å²) in [6, 6.07) is 31.1. The summed E-state index contributed by atoms with van der Waals surface area (Å²) in [6.07, 6.45) is 6.89. The predicted molar refractivity (Wildman–Crippen MR) is 245 cm³/mol. The number of ketones is 1. The molecule has 0 aliphatic carbocycles. The Hall–Kier alpha value is -5.72. The zero-order valence-corrected chi connectivity index (χ0v) is 37.9. The van der Waals surface area contributed by atoms with Gasteiger partial charge < -0.3 is 25.3 Å². The first-order chi connectivity index (χ1) is 29.7. The van der Waals surface area contributed by atoms with Gasteiger partial charge in [-0.3, -0.25) is 29.0 Å². The lowest BCUT2D eigenvalue weighted by Crippen LogP contribution is -2.68. The van der Waals surface area contributed by atoms with Gasteiger partial charge in [0.2, 0.25) is 23.6 Å². The summed E-state index contributed by atoms with van der Waals surface area (Å²) in [6.45, 7) is 12.1. The van der Waals surface area contributed by atoms with E-state index in [9.17, 15) is 24.0 Å². The van der Waals surface area contributed by atoms with Crippen molar-refractivity contribution in [3.05, 3.63) is 127 Å². The van der Waals surface area contributed by atoms with Crippen LogP contribution in [0, 0.1) is 0 Å². The summed E-state index contributed by atoms with van der Waals surface area (Å²) < 4.78 is 7.01. The molecular formula is C50H61N5O6Si. The van der Waals surface area contributed by atoms with E-state index >= 15 is 0 Å². The average Bonchev–Trinajstić information content (AvgIpc) is 3.78. The van der Waals surface area contributed by atoms with Crippen LogP contribution in [-0.4, -0.2) is 83.9 Å². The van der Waals surface area contributed by atoms with E-state index in [1.54, 1.807) is 31.0 Å². The third kappa shape index (κ3) is 10.3. The molecule has 2 fully saturated rings. The number of nitrogens with zero attached hydrogens (tertiary/aromatic N) is 2. The minimum Gasteiger partial charge on any atom is -0.398 e. The van der Waals surface area contributed by atoms with Crippen molar-refractivity contribution in [2.24, 2.45) is 0 Å². The number of carbonyl (C=O) groups is 5. The summed E-state index contributed by atoms with van der Waals surface area (Å²) in [5.41, 5.74) is 1.20. The van der Waals surface area contributed by atoms with Crippen LogP contribution in [0.1, 0.15) is 85.6 Å². The van der Waals surface area contributed by atoms with E-state index < -0.39 is 55.8 Å². The minimum absolute atomic E-state index is 0.0678. The van der Waals surface area contributed by atoms with E-state index in [2.05, 4.69) is 66.0 Å². The largest absolute Gasteiger partial charge is 0.398 e. The second-order valence-electron chi connectivity index (χ2n) is 17.7. The molecule has 1 aromatic heterocycles. The summed E-state index contributed by atoms with van der Waals surface area (Å²) in [7, 11) is -2.94. The molecular weight excluding hydrogens is 795 g/mol. The number of fused-ring (bicyclic) bond motifs is 1. The first-order valence-electron chi connectivity index (χ1n) is 21.9. The molecule has 2 aliphatic heterocycles. The van der Waals surface area contributed by atoms with Crippen molar-refractivity contribution in [2.75, 3.05) is 6.54 Å². The number of aromatic nitrogens is 1. The Kier molecular flexibility index (Phi) is 14.8. The fraction of sp³-hybridized carbons (Fsp3) is 0.400. The second-order valence-corrected chi connectivity index (χ2v) is 22.0. The number of benzene rings is 3. The molecule has 5 atom stereocenters. The molecule has 326 valence electrons. The monoisotopic (exact) mass is 855 g/mol. The minimum atomic E-state index is -2.94. The zero-order chi connectivity index (χ0) is 44.5. The smallest absolute Gasteiger partial charge is 0.262 e. The predicted octanol–water partition coefficient (Wildman–Crippen LogP) is 5.81. The molecule has 11 nitrogen and oxygen atoms in total. The quantitative estimate of drug-likeness (QED) is 0.107. The molecule has 3 aromatic carbocycles. The molecule has 2 saturated heterocycles. The van der Waals surface area contributed by atoms with Gasteiger partial charge in [0.25, 0.3) is 8.32 Å². The molecule has 12 heteroatoms. The molecule has 0 saturated carbocycles. The van der Waals surface area contributed by atoms with Crippen molar-refractivity contribution >= 4 is 48.1 Å². The normalized spacial score (nSPS) is 21.9. The van der Waals surface area contributed by atoms with Crippen molar-refractivity contribution in [1.29, 1.82) is 0 Å². The van der Waals surface area contributed by atoms with Crippen molar-refractivity contribution in [1.82, 2.24) is 25.8 Å². The first-order valence-corrected chi connectivity index (χ1v) is 23.8. The SMILES string of the molecule is CC[C@]1(C)NC(=O)[C@H](CCC=CCC(=O)[C@H](C)O[Si](c2ccccc2)(c2ccccc2)C(C)(C)C)NC(=O)[C@H]2CCCN2C(=O)[C@H](Cc2ccc(-c3ccccn3)cc2)NC1=O. The maximum absolute atomic E-state index is 14.3. The Morgan fingerprint density at radius 2 is 1.52 bits per heavy atom. The number of pyridine rings is 1. The van der Waals surface area contributed by atoms with Gasteiger partial charge in [0, 0.05) is 31.1 Å². The van der Waals surface area contributed by atoms with Gasteiger partial charge in [-0.15, -0.1) is 0 Å². The highest BCUT2D eigenvalue weighted by atomic mass is 28.4. The van der Waals surface area contributed by atoms with Gasteiger partial charge in [0.1, 0.15) is 29.8 Å². The summed E-state index contributed by atoms with van der Waals surface area (Å²) in [4.78, 5) is 75.9. The number of amides is 4. The van der Waals surface area contributed by atoms with E-state index in [1.807, 2.05) is 91.9 Å². The Labute approximate surface area is 367 Å². The number of hydrogen-bond donors (Lipinski definition) is 3. The molecule has 4 amide bonds. The van der Waals surface area contributed by atoms with Gasteiger partial charge in [-0.1, -0.05) is 131 Å². The lowest BCUT2D eigenvalue weighted by Gasteiger charge is -2.44. The van der Waals surface area contributed by atoms with Crippen LogP contribution in [0.15, 0.2) is 121 Å². The highest BCUT2D eigenvalue weighted by molar-refractivity contribution is 6.99. The molecule has 0 spiro atoms. The van der Waals surface area contributed by atoms with E-state index in [1.165, 1.54) is 0 Å². The fourth-order valence-corrected chi connectivity index (χ4v) is 13.2. The summed E-state index contributed by atoms with van der Waals surface area (Å²) in [5.74, 6) is -1.79. The molecule has 3 heterocycles. The van der Waals surface area contributed by atoms with Crippen LogP contribution in [-0.2, 0) is 34.8 Å². The van der Waals surface area contributed by atoms with Gasteiger partial charge in [0.05, 0.1) is 5.69 Å². The topological polar surface area (TPSA) is 147 Å². The Balaban J connectivity index is 1.14. The van der Waals surface area contributed by atoms with E-state index in [0.717, 1.165) is 27.2 Å². The standard InChI is InChI=1S/C50H61N5O6Si/c1-7-50(6)48(60)53-42(34-36-28-30-37(31-29-36)40-24-17-18-32-51-40)47(59)55-33-19-26-43(55)46(58)52-41(45(57)54-50)25-15-10-16-27-44(56)35(2)61-62(49(3,4)5,38-20-11-8-12-21-38)39-22-13-9-14-23-39/h8-14,16-18,20-24,28-32,35,41-43H,7,15,19,25-27,33-34H2,1-6H3,(H,52,58)(H,53,60)(H,54,57)/t35-,41-,42-,43+,50-/m0/s1. The van der Waals surface area contributed by atoms with Gasteiger partial charge in [-0.2, -0.15) is 0 Å². The highest BCUT2D eigenvalue weighted by Gasteiger charge is 2.51. The van der Waals surface area contributed by atoms with Gasteiger partial charge in [-0.05, 0) is 79.1 Å². The lowest BCUT2D eigenvalue weighted by molar-refractivity contribution is -0.144. The van der Waals surface area contributed by atoms with Crippen molar-refractivity contribution in [2.45, 2.75) is 121 Å². The van der Waals surface area contributed by atoms with Crippen LogP contribution in [0.2, 0.25) is 5.04 Å². The second kappa shape index (κ2) is 20.0. The molecule has 2 aliphatic rings. The molecule has 0 unspecified atom stereocenters. The number of Topliss-reactive ketones (excluding diaryl/α,β-unsaturated/α-hetero) is 1. The molecule has 3 N–H and O–H groups in total. The van der Waals surface area contributed by atoms with Gasteiger partial charge >= 0.3 is 0 Å². The van der Waals surface area contributed by atoms with Crippen LogP contribution >= 0.6 is 0 Å². The molecule has 62 heavy (non-hydrogen) atoms. The number of carbonyl (C=O) groups excluding carboxylic acids is 5. The molecule has 0 bridgehead atoms. The number of rotatable bonds is 14. The summed E-state index contributed by atoms with van der Waals surface area (Å²) >= 11 is 0. The number of nitrogens with one attached hydrogen (secondary N) is 3. The average molecular weight is 856 g/mol. The molecule has 0 radical (unpaired) electrons. The van der Waals surface area contributed by atoms with E-state index in [4.69, 9.17) is 4.43 Å². The van der Waals surface area contributed by atoms with Crippen LogP contribution in [0.4, 0.5) is 0 Å². The Bertz CT molecular complexity index is 2170. The molecule has 4 aromatic rings. The highest BCUT2D eigenvalue weighted by Crippen LogP contribution is 2.37. The van der Waals surface area contributed by atoms with E-state index in [0.29, 0.717) is 25.8 Å². The van der Waals surface area contributed by atoms with Crippen molar-refractivity contribution in [3.63, 3.8) is 0 Å². The lowest BCUT2D eigenvalue weighted by atomic mass is 9.94. The van der Waals surface area contributed by atoms with Crippen molar-refractivity contribution < 1.29 is 28.4 Å². The van der Waals surface area contributed by atoms with Gasteiger partial charge in [0.15, 0.2) is 5.78 Å².